The summed E-state index contributed by atoms with van der Waals surface area (Å²) in [7, 11) is 1.27. The van der Waals surface area contributed by atoms with Crippen LogP contribution in [0.4, 0.5) is 17.1 Å². The molecule has 1 heterocycles. The van der Waals surface area contributed by atoms with Crippen molar-refractivity contribution in [3.63, 3.8) is 0 Å². The van der Waals surface area contributed by atoms with Crippen molar-refractivity contribution in [2.75, 3.05) is 12.0 Å². The molecule has 1 fully saturated rings. The Bertz CT molecular complexity index is 1970. The highest BCUT2D eigenvalue weighted by Crippen LogP contribution is 2.44. The Labute approximate surface area is 260 Å². The van der Waals surface area contributed by atoms with Crippen LogP contribution in [0.25, 0.3) is 32.7 Å². The van der Waals surface area contributed by atoms with Gasteiger partial charge in [0.1, 0.15) is 5.75 Å². The van der Waals surface area contributed by atoms with Crippen molar-refractivity contribution in [3.05, 3.63) is 127 Å². The van der Waals surface area contributed by atoms with Crippen molar-refractivity contribution in [2.45, 2.75) is 38.9 Å². The number of methoxy groups -OCH3 is 1. The van der Waals surface area contributed by atoms with Crippen molar-refractivity contribution in [3.8, 4) is 16.9 Å². The monoisotopic (exact) mass is 577 g/mol. The van der Waals surface area contributed by atoms with Gasteiger partial charge in [-0.05, 0) is 91.3 Å². The van der Waals surface area contributed by atoms with E-state index in [1.165, 1.54) is 10.8 Å². The molecule has 6 aromatic rings. The van der Waals surface area contributed by atoms with Gasteiger partial charge in [0.05, 0.1) is 24.0 Å². The molecule has 1 aliphatic rings. The zero-order valence-electron chi connectivity index (χ0n) is 25.9. The van der Waals surface area contributed by atoms with Crippen LogP contribution in [0.5, 0.6) is 5.75 Å². The largest absolute Gasteiger partial charge is 0.496 e. The molecule has 1 saturated heterocycles. The molecule has 0 atom stereocenters. The Hall–Kier alpha value is -4.58. The predicted molar refractivity (Wildman–Crippen MR) is 184 cm³/mol. The van der Waals surface area contributed by atoms with E-state index in [0.717, 1.165) is 50.2 Å². The van der Waals surface area contributed by atoms with Gasteiger partial charge in [0.15, 0.2) is 0 Å². The first-order valence-corrected chi connectivity index (χ1v) is 15.2. The number of rotatable bonds is 6. The van der Waals surface area contributed by atoms with E-state index in [1.807, 2.05) is 6.07 Å². The summed E-state index contributed by atoms with van der Waals surface area (Å²) in [5, 5.41) is 4.73. The van der Waals surface area contributed by atoms with Gasteiger partial charge in [-0.15, -0.1) is 0 Å². The summed E-state index contributed by atoms with van der Waals surface area (Å²) in [4.78, 5) is 2.34. The number of nitrogens with zero attached hydrogens (tertiary/aromatic N) is 1. The van der Waals surface area contributed by atoms with Gasteiger partial charge in [-0.25, -0.2) is 0 Å². The van der Waals surface area contributed by atoms with E-state index in [4.69, 9.17) is 14.0 Å². The zero-order valence-corrected chi connectivity index (χ0v) is 25.9. The number of ether oxygens (including phenoxy) is 1. The molecule has 218 valence electrons. The summed E-state index contributed by atoms with van der Waals surface area (Å²) < 4.78 is 18.7. The highest BCUT2D eigenvalue weighted by atomic mass is 16.7. The maximum atomic E-state index is 6.34. The first-order chi connectivity index (χ1) is 21.3. The van der Waals surface area contributed by atoms with E-state index in [0.29, 0.717) is 0 Å². The summed E-state index contributed by atoms with van der Waals surface area (Å²) in [5.74, 6) is 0.782. The van der Waals surface area contributed by atoms with Gasteiger partial charge in [0, 0.05) is 22.3 Å². The number of hydrogen-bond acceptors (Lipinski definition) is 4. The van der Waals surface area contributed by atoms with Crippen LogP contribution in [0, 0.1) is 0 Å². The Morgan fingerprint density at radius 3 is 1.93 bits per heavy atom. The molecule has 0 bridgehead atoms. The molecule has 0 amide bonds. The summed E-state index contributed by atoms with van der Waals surface area (Å²) in [6.45, 7) is 8.29. The van der Waals surface area contributed by atoms with Crippen molar-refractivity contribution in [1.82, 2.24) is 0 Å². The topological polar surface area (TPSA) is 30.9 Å². The lowest BCUT2D eigenvalue weighted by Crippen LogP contribution is -2.41. The van der Waals surface area contributed by atoms with Gasteiger partial charge in [0.2, 0.25) is 0 Å². The summed E-state index contributed by atoms with van der Waals surface area (Å²) in [6.07, 6.45) is 0. The third-order valence-corrected chi connectivity index (χ3v) is 9.19. The van der Waals surface area contributed by atoms with Crippen LogP contribution in [-0.2, 0) is 9.31 Å². The maximum absolute atomic E-state index is 6.34. The van der Waals surface area contributed by atoms with Crippen LogP contribution in [0.3, 0.4) is 0 Å². The van der Waals surface area contributed by atoms with Gasteiger partial charge < -0.3 is 18.9 Å². The number of fused-ring (bicyclic) bond motifs is 2. The summed E-state index contributed by atoms with van der Waals surface area (Å²) in [6, 6.07) is 45.0. The van der Waals surface area contributed by atoms with E-state index in [9.17, 15) is 0 Å². The summed E-state index contributed by atoms with van der Waals surface area (Å²) in [5.41, 5.74) is 5.56. The second-order valence-electron chi connectivity index (χ2n) is 12.4. The highest BCUT2D eigenvalue weighted by Gasteiger charge is 2.51. The van der Waals surface area contributed by atoms with Crippen molar-refractivity contribution >= 4 is 51.2 Å². The average molecular weight is 578 g/mol. The Morgan fingerprint density at radius 1 is 0.568 bits per heavy atom. The van der Waals surface area contributed by atoms with Crippen LogP contribution < -0.4 is 15.1 Å². The summed E-state index contributed by atoms with van der Waals surface area (Å²) >= 11 is 0. The Balaban J connectivity index is 1.36. The minimum absolute atomic E-state index is 0.411. The van der Waals surface area contributed by atoms with Gasteiger partial charge in [-0.1, -0.05) is 91.0 Å². The van der Waals surface area contributed by atoms with Gasteiger partial charge in [0.25, 0.3) is 0 Å². The molecule has 0 aromatic heterocycles. The molecule has 0 radical (unpaired) electrons. The van der Waals surface area contributed by atoms with E-state index in [-0.39, 0.29) is 0 Å². The normalized spacial score (nSPS) is 15.5. The quantitative estimate of drug-likeness (QED) is 0.185. The van der Waals surface area contributed by atoms with Crippen LogP contribution in [0.1, 0.15) is 27.7 Å². The molecular formula is C39H36BNO3. The molecule has 0 spiro atoms. The fourth-order valence-electron chi connectivity index (χ4n) is 6.09. The Morgan fingerprint density at radius 2 is 1.20 bits per heavy atom. The fourth-order valence-corrected chi connectivity index (χ4v) is 6.09. The molecule has 44 heavy (non-hydrogen) atoms. The third kappa shape index (κ3) is 4.83. The van der Waals surface area contributed by atoms with E-state index in [2.05, 4.69) is 154 Å². The minimum atomic E-state index is -0.455. The van der Waals surface area contributed by atoms with Gasteiger partial charge >= 0.3 is 7.12 Å². The average Bonchev–Trinajstić information content (AvgIpc) is 3.27. The number of benzene rings is 6. The SMILES string of the molecule is COc1cc(B2OC(C)(C)C(C)(C)O2)ccc1-c1ccc(N(c2ccccc2)c2ccc3ccccc3c2)c2ccccc12. The van der Waals surface area contributed by atoms with Gasteiger partial charge in [-0.3, -0.25) is 0 Å². The highest BCUT2D eigenvalue weighted by molar-refractivity contribution is 6.62. The second-order valence-corrected chi connectivity index (χ2v) is 12.4. The second kappa shape index (κ2) is 10.9. The number of para-hydroxylation sites is 1. The third-order valence-electron chi connectivity index (χ3n) is 9.19. The molecule has 6 aromatic carbocycles. The minimum Gasteiger partial charge on any atom is -0.496 e. The van der Waals surface area contributed by atoms with E-state index >= 15 is 0 Å². The first kappa shape index (κ1) is 28.2. The van der Waals surface area contributed by atoms with Gasteiger partial charge in [-0.2, -0.15) is 0 Å². The lowest BCUT2D eigenvalue weighted by atomic mass is 9.78. The molecule has 0 saturated carbocycles. The van der Waals surface area contributed by atoms with Crippen molar-refractivity contribution < 1.29 is 14.0 Å². The smallest absolute Gasteiger partial charge is 0.494 e. The molecule has 7 rings (SSSR count). The molecule has 0 aliphatic carbocycles. The molecule has 1 aliphatic heterocycles. The van der Waals surface area contributed by atoms with E-state index in [1.54, 1.807) is 7.11 Å². The van der Waals surface area contributed by atoms with Crippen LogP contribution in [-0.4, -0.2) is 25.4 Å². The molecule has 5 heteroatoms. The van der Waals surface area contributed by atoms with Crippen LogP contribution in [0.2, 0.25) is 0 Å². The molecule has 0 N–H and O–H groups in total. The van der Waals surface area contributed by atoms with Crippen molar-refractivity contribution in [2.24, 2.45) is 0 Å². The number of hydrogen-bond donors (Lipinski definition) is 0. The predicted octanol–water partition coefficient (Wildman–Crippen LogP) is 9.44. The molecule has 4 nitrogen and oxygen atoms in total. The maximum Gasteiger partial charge on any atom is 0.494 e. The van der Waals surface area contributed by atoms with Crippen molar-refractivity contribution in [1.29, 1.82) is 0 Å². The zero-order chi connectivity index (χ0) is 30.5. The molecule has 0 unspecified atom stereocenters. The first-order valence-electron chi connectivity index (χ1n) is 15.2. The fraction of sp³-hybridized carbons (Fsp3) is 0.179. The Kier molecular flexibility index (Phi) is 6.96. The lowest BCUT2D eigenvalue weighted by molar-refractivity contribution is 0.00578. The standard InChI is InChI=1S/C39H36BNO3/c1-38(2)39(3,4)44-40(43-38)29-20-22-35(37(26-29)42-5)33-23-24-36(34-18-12-11-17-32(33)34)41(30-15-7-6-8-16-30)31-21-19-27-13-9-10-14-28(27)25-31/h6-26H,1-5H3. The number of anilines is 3. The lowest BCUT2D eigenvalue weighted by Gasteiger charge is -2.32. The van der Waals surface area contributed by atoms with E-state index < -0.39 is 18.3 Å². The van der Waals surface area contributed by atoms with Crippen LogP contribution in [0.15, 0.2) is 127 Å². The molecular weight excluding hydrogens is 541 g/mol. The van der Waals surface area contributed by atoms with Crippen LogP contribution >= 0.6 is 0 Å².